The van der Waals surface area contributed by atoms with Crippen LogP contribution in [0.5, 0.6) is 0 Å². The third-order valence-corrected chi connectivity index (χ3v) is 10.3. The van der Waals surface area contributed by atoms with Gasteiger partial charge in [0.1, 0.15) is 0 Å². The van der Waals surface area contributed by atoms with Gasteiger partial charge in [0.15, 0.2) is 0 Å². The molecule has 0 fully saturated rings. The van der Waals surface area contributed by atoms with Crippen molar-refractivity contribution in [3.63, 3.8) is 0 Å². The number of hydrogen-bond donors (Lipinski definition) is 1. The standard InChI is InChI=1S/C33H65INO5/c1-4-6-8-10-11-15-23-32(22-14-9-7-5-2)33(38)40-29-20-16-24-34-30-35(25-17-12-13-19-27-36)26-18-21-28-39-31(3)37/h32,36H,4-30H2,1-3H3/q-1. The number of hydrogen-bond acceptors (Lipinski definition) is 6. The Balaban J connectivity index is 4.22. The van der Waals surface area contributed by atoms with E-state index in [1.807, 2.05) is 0 Å². The van der Waals surface area contributed by atoms with Crippen molar-refractivity contribution in [1.82, 2.24) is 4.90 Å². The number of aliphatic hydroxyl groups is 1. The van der Waals surface area contributed by atoms with Crippen LogP contribution >= 0.6 is 0 Å². The third kappa shape index (κ3) is 27.7. The minimum absolute atomic E-state index is 0.0564. The van der Waals surface area contributed by atoms with Crippen LogP contribution in [0.3, 0.4) is 0 Å². The van der Waals surface area contributed by atoms with Crippen LogP contribution < -0.4 is 21.2 Å². The van der Waals surface area contributed by atoms with Crippen molar-refractivity contribution < 1.29 is 45.4 Å². The normalized spacial score (nSPS) is 12.2. The molecule has 0 heterocycles. The maximum atomic E-state index is 12.8. The molecule has 7 heteroatoms. The molecule has 0 bridgehead atoms. The van der Waals surface area contributed by atoms with Gasteiger partial charge in [-0.1, -0.05) is 26.7 Å². The van der Waals surface area contributed by atoms with E-state index < -0.39 is 0 Å². The fourth-order valence-electron chi connectivity index (χ4n) is 4.82. The van der Waals surface area contributed by atoms with E-state index in [2.05, 4.69) is 18.7 Å². The first-order valence-corrected chi connectivity index (χ1v) is 19.8. The molecular formula is C33H65INO5-. The molecule has 40 heavy (non-hydrogen) atoms. The van der Waals surface area contributed by atoms with Crippen molar-refractivity contribution in [2.24, 2.45) is 5.92 Å². The third-order valence-electron chi connectivity index (χ3n) is 7.36. The van der Waals surface area contributed by atoms with Crippen LogP contribution in [0.2, 0.25) is 0 Å². The summed E-state index contributed by atoms with van der Waals surface area (Å²) in [6, 6.07) is 0. The molecule has 0 aliphatic carbocycles. The quantitative estimate of drug-likeness (QED) is 0.0369. The van der Waals surface area contributed by atoms with Crippen molar-refractivity contribution in [3.8, 4) is 0 Å². The number of nitrogens with zero attached hydrogens (tertiary/aromatic N) is 1. The van der Waals surface area contributed by atoms with E-state index in [-0.39, 0.29) is 39.1 Å². The second-order valence-corrected chi connectivity index (χ2v) is 14.1. The van der Waals surface area contributed by atoms with Crippen LogP contribution in [0.15, 0.2) is 0 Å². The average molecular weight is 683 g/mol. The van der Waals surface area contributed by atoms with Crippen LogP contribution in [0.25, 0.3) is 0 Å². The minimum atomic E-state index is -0.197. The summed E-state index contributed by atoms with van der Waals surface area (Å²) in [6.45, 7) is 9.53. The Morgan fingerprint density at radius 3 is 1.85 bits per heavy atom. The van der Waals surface area contributed by atoms with Crippen LogP contribution in [0.4, 0.5) is 0 Å². The van der Waals surface area contributed by atoms with Gasteiger partial charge in [0.25, 0.3) is 0 Å². The zero-order chi connectivity index (χ0) is 29.5. The first-order chi connectivity index (χ1) is 19.5. The zero-order valence-electron chi connectivity index (χ0n) is 26.6. The molecule has 0 aliphatic rings. The molecule has 0 aromatic rings. The van der Waals surface area contributed by atoms with Gasteiger partial charge in [-0.2, -0.15) is 0 Å². The summed E-state index contributed by atoms with van der Waals surface area (Å²) in [5, 5.41) is 8.99. The molecule has 1 N–H and O–H groups in total. The molecule has 0 saturated heterocycles. The van der Waals surface area contributed by atoms with Gasteiger partial charge in [0.05, 0.1) is 0 Å². The Morgan fingerprint density at radius 2 is 1.20 bits per heavy atom. The summed E-state index contributed by atoms with van der Waals surface area (Å²) in [5.41, 5.74) is 0. The summed E-state index contributed by atoms with van der Waals surface area (Å²) in [4.78, 5) is 26.4. The molecule has 0 rings (SSSR count). The summed E-state index contributed by atoms with van der Waals surface area (Å²) < 4.78 is 13.3. The second-order valence-electron chi connectivity index (χ2n) is 11.3. The Morgan fingerprint density at radius 1 is 0.675 bits per heavy atom. The van der Waals surface area contributed by atoms with Crippen molar-refractivity contribution in [2.75, 3.05) is 41.9 Å². The SMILES string of the molecule is CCCCCCCCC(CCCCCC)C(=O)OCCCC[I-]CN(CCCCCCO)CCCCOC(C)=O. The van der Waals surface area contributed by atoms with Crippen molar-refractivity contribution >= 4 is 11.9 Å². The molecule has 0 saturated carbocycles. The molecule has 6 nitrogen and oxygen atoms in total. The summed E-state index contributed by atoms with van der Waals surface area (Å²) in [7, 11) is 0. The number of ether oxygens (including phenoxy) is 2. The first kappa shape index (κ1) is 39.6. The molecule has 0 aliphatic heterocycles. The van der Waals surface area contributed by atoms with Crippen LogP contribution in [-0.2, 0) is 19.1 Å². The number of carbonyl (C=O) groups excluding carboxylic acids is 2. The van der Waals surface area contributed by atoms with Crippen molar-refractivity contribution in [2.45, 2.75) is 149 Å². The van der Waals surface area contributed by atoms with Gasteiger partial charge in [-0.25, -0.2) is 0 Å². The molecule has 0 aromatic carbocycles. The number of alkyl halides is 2. The maximum absolute atomic E-state index is 12.8. The number of aliphatic hydroxyl groups excluding tert-OH is 1. The number of esters is 2. The zero-order valence-corrected chi connectivity index (χ0v) is 28.7. The van der Waals surface area contributed by atoms with Gasteiger partial charge in [0, 0.05) is 0 Å². The molecule has 0 aromatic heterocycles. The van der Waals surface area contributed by atoms with E-state index in [0.29, 0.717) is 19.8 Å². The molecule has 0 radical (unpaired) electrons. The Kier molecular flexibility index (Phi) is 31.2. The molecule has 240 valence electrons. The van der Waals surface area contributed by atoms with E-state index in [1.54, 1.807) is 0 Å². The molecular weight excluding hydrogens is 617 g/mol. The Hall–Kier alpha value is -0.410. The fraction of sp³-hybridized carbons (Fsp3) is 0.939. The van der Waals surface area contributed by atoms with Crippen molar-refractivity contribution in [1.29, 1.82) is 0 Å². The van der Waals surface area contributed by atoms with Gasteiger partial charge in [-0.05, 0) is 0 Å². The first-order valence-electron chi connectivity index (χ1n) is 16.7. The molecule has 0 amide bonds. The average Bonchev–Trinajstić information content (AvgIpc) is 2.94. The molecule has 1 atom stereocenters. The molecule has 1 unspecified atom stereocenters. The molecule has 0 spiro atoms. The number of carbonyl (C=O) groups is 2. The van der Waals surface area contributed by atoms with Gasteiger partial charge < -0.3 is 0 Å². The predicted octanol–water partition coefficient (Wildman–Crippen LogP) is 4.89. The Bertz CT molecular complexity index is 563. The van der Waals surface area contributed by atoms with Gasteiger partial charge in [-0.15, -0.1) is 0 Å². The van der Waals surface area contributed by atoms with E-state index in [4.69, 9.17) is 14.6 Å². The second kappa shape index (κ2) is 31.5. The summed E-state index contributed by atoms with van der Waals surface area (Å²) in [6.07, 6.45) is 22.9. The topological polar surface area (TPSA) is 76.1 Å². The van der Waals surface area contributed by atoms with E-state index >= 15 is 0 Å². The van der Waals surface area contributed by atoms with Gasteiger partial charge in [-0.3, -0.25) is 0 Å². The Labute approximate surface area is 258 Å². The van der Waals surface area contributed by atoms with E-state index in [1.165, 1.54) is 80.1 Å². The van der Waals surface area contributed by atoms with Crippen molar-refractivity contribution in [3.05, 3.63) is 0 Å². The van der Waals surface area contributed by atoms with E-state index in [9.17, 15) is 9.59 Å². The number of unbranched alkanes of at least 4 members (excludes halogenated alkanes) is 13. The number of halogens is 1. The summed E-state index contributed by atoms with van der Waals surface area (Å²) in [5.74, 6) is -0.0410. The van der Waals surface area contributed by atoms with E-state index in [0.717, 1.165) is 77.3 Å². The summed E-state index contributed by atoms with van der Waals surface area (Å²) >= 11 is 0.105. The fourth-order valence-corrected chi connectivity index (χ4v) is 7.60. The predicted molar refractivity (Wildman–Crippen MR) is 163 cm³/mol. The monoisotopic (exact) mass is 682 g/mol. The van der Waals surface area contributed by atoms with Gasteiger partial charge in [0.2, 0.25) is 0 Å². The van der Waals surface area contributed by atoms with Crippen LogP contribution in [0.1, 0.15) is 149 Å². The van der Waals surface area contributed by atoms with Gasteiger partial charge >= 0.3 is 233 Å². The number of rotatable bonds is 31. The van der Waals surface area contributed by atoms with Crippen LogP contribution in [0, 0.1) is 5.92 Å². The van der Waals surface area contributed by atoms with Crippen LogP contribution in [-0.4, -0.2) is 63.8 Å².